The molecular weight excluding hydrogens is 621 g/mol. The van der Waals surface area contributed by atoms with E-state index in [4.69, 9.17) is 9.72 Å². The number of nitrogens with one attached hydrogen (secondary N) is 1. The predicted octanol–water partition coefficient (Wildman–Crippen LogP) is 6.03. The van der Waals surface area contributed by atoms with Crippen molar-refractivity contribution in [2.75, 3.05) is 36.5 Å². The average molecular weight is 657 g/mol. The molecule has 0 spiro atoms. The average Bonchev–Trinajstić information content (AvgIpc) is 3.69. The van der Waals surface area contributed by atoms with Gasteiger partial charge in [-0.15, -0.1) is 10.2 Å². The summed E-state index contributed by atoms with van der Waals surface area (Å²) < 4.78 is 51.0. The van der Waals surface area contributed by atoms with Crippen LogP contribution in [0.3, 0.4) is 0 Å². The molecule has 4 heterocycles. The zero-order valence-corrected chi connectivity index (χ0v) is 26.7. The first kappa shape index (κ1) is 31.8. The normalized spacial score (nSPS) is 18.2. The number of alkyl halides is 3. The van der Waals surface area contributed by atoms with E-state index in [0.717, 1.165) is 6.42 Å². The SMILES string of the molecule is C[C@@H]1CN(Cc2cc3c(c(C(F)(F)F)c2)CN(c2cc(-c4cc(C#N)ccc4-c4nncn4C)cc(NCCC4CC4)n2)C3=O)CCO1. The Kier molecular flexibility index (Phi) is 8.39. The molecule has 1 N–H and O–H groups in total. The summed E-state index contributed by atoms with van der Waals surface area (Å²) in [7, 11) is 1.81. The van der Waals surface area contributed by atoms with Gasteiger partial charge in [-0.25, -0.2) is 4.98 Å². The number of nitriles is 1. The maximum atomic E-state index is 14.5. The van der Waals surface area contributed by atoms with Gasteiger partial charge < -0.3 is 14.6 Å². The van der Waals surface area contributed by atoms with E-state index >= 15 is 0 Å². The van der Waals surface area contributed by atoms with Gasteiger partial charge >= 0.3 is 6.18 Å². The number of ether oxygens (including phenoxy) is 1. The molecule has 4 aromatic rings. The highest BCUT2D eigenvalue weighted by Crippen LogP contribution is 2.41. The number of aromatic nitrogens is 4. The lowest BCUT2D eigenvalue weighted by atomic mass is 9.97. The standard InChI is InChI=1S/C35H35F3N8O2/c1-21-17-45(9-10-48-21)18-24-12-28-29(30(13-24)35(36,37)38)19-46(34(28)47)32-15-25(14-31(42-32)40-8-7-22-3-4-22)27-11-23(16-39)5-6-26(27)33-43-41-20-44(33)2/h5-6,11-15,20-22H,3-4,7-10,17-19H2,1-2H3,(H,40,42)/t21-/m1/s1. The number of nitrogens with zero attached hydrogens (tertiary/aromatic N) is 7. The molecule has 48 heavy (non-hydrogen) atoms. The van der Waals surface area contributed by atoms with Crippen LogP contribution in [0.1, 0.15) is 58.8 Å². The van der Waals surface area contributed by atoms with E-state index in [-0.39, 0.29) is 36.1 Å². The van der Waals surface area contributed by atoms with Crippen LogP contribution in [0.15, 0.2) is 48.8 Å². The number of rotatable bonds is 9. The van der Waals surface area contributed by atoms with Crippen molar-refractivity contribution < 1.29 is 22.7 Å². The molecule has 1 saturated carbocycles. The third kappa shape index (κ3) is 6.50. The van der Waals surface area contributed by atoms with E-state index in [0.29, 0.717) is 71.6 Å². The zero-order chi connectivity index (χ0) is 33.6. The second-order valence-electron chi connectivity index (χ2n) is 12.9. The van der Waals surface area contributed by atoms with E-state index in [1.165, 1.54) is 23.8 Å². The summed E-state index contributed by atoms with van der Waals surface area (Å²) in [6, 6.07) is 13.7. The fraction of sp³-hybridized carbons (Fsp3) is 0.400. The van der Waals surface area contributed by atoms with Crippen molar-refractivity contribution in [1.29, 1.82) is 5.26 Å². The number of fused-ring (bicyclic) bond motifs is 1. The Morgan fingerprint density at radius 2 is 1.94 bits per heavy atom. The van der Waals surface area contributed by atoms with Crippen molar-refractivity contribution in [2.45, 2.75) is 51.6 Å². The zero-order valence-electron chi connectivity index (χ0n) is 26.7. The number of halogens is 3. The molecule has 1 saturated heterocycles. The molecule has 1 aliphatic carbocycles. The van der Waals surface area contributed by atoms with Crippen LogP contribution in [-0.2, 0) is 31.1 Å². The molecule has 2 aromatic heterocycles. The van der Waals surface area contributed by atoms with Gasteiger partial charge in [0.05, 0.1) is 36.5 Å². The van der Waals surface area contributed by atoms with Crippen LogP contribution in [0.25, 0.3) is 22.5 Å². The van der Waals surface area contributed by atoms with E-state index < -0.39 is 17.6 Å². The second-order valence-corrected chi connectivity index (χ2v) is 12.9. The molecule has 2 fully saturated rings. The van der Waals surface area contributed by atoms with Crippen molar-refractivity contribution in [2.24, 2.45) is 13.0 Å². The number of morpholine rings is 1. The van der Waals surface area contributed by atoms with Crippen molar-refractivity contribution in [3.05, 3.63) is 76.6 Å². The summed E-state index contributed by atoms with van der Waals surface area (Å²) in [4.78, 5) is 22.2. The van der Waals surface area contributed by atoms with Gasteiger partial charge in [0.25, 0.3) is 5.91 Å². The topological polar surface area (TPSA) is 112 Å². The van der Waals surface area contributed by atoms with Crippen LogP contribution in [0, 0.1) is 17.2 Å². The number of pyridine rings is 1. The third-order valence-electron chi connectivity index (χ3n) is 9.19. The first-order valence-corrected chi connectivity index (χ1v) is 16.1. The number of amides is 1. The van der Waals surface area contributed by atoms with Gasteiger partial charge in [0.1, 0.15) is 18.0 Å². The van der Waals surface area contributed by atoms with Crippen LogP contribution < -0.4 is 10.2 Å². The molecule has 1 amide bonds. The quantitative estimate of drug-likeness (QED) is 0.233. The number of aryl methyl sites for hydroxylation is 1. The Morgan fingerprint density at radius 1 is 1.10 bits per heavy atom. The Hall–Kier alpha value is -4.80. The molecule has 2 aromatic carbocycles. The molecule has 1 atom stereocenters. The fourth-order valence-electron chi connectivity index (χ4n) is 6.58. The van der Waals surface area contributed by atoms with E-state index in [2.05, 4.69) is 21.6 Å². The van der Waals surface area contributed by atoms with Crippen LogP contribution in [0.5, 0.6) is 0 Å². The highest BCUT2D eigenvalue weighted by Gasteiger charge is 2.41. The van der Waals surface area contributed by atoms with Gasteiger partial charge in [-0.3, -0.25) is 14.6 Å². The smallest absolute Gasteiger partial charge is 0.376 e. The van der Waals surface area contributed by atoms with Gasteiger partial charge in [-0.1, -0.05) is 12.8 Å². The molecule has 0 bridgehead atoms. The van der Waals surface area contributed by atoms with Crippen LogP contribution in [0.4, 0.5) is 24.8 Å². The molecule has 13 heteroatoms. The van der Waals surface area contributed by atoms with Crippen LogP contribution in [-0.4, -0.2) is 62.9 Å². The Labute approximate surface area is 276 Å². The molecule has 7 rings (SSSR count). The Bertz CT molecular complexity index is 1910. The van der Waals surface area contributed by atoms with E-state index in [9.17, 15) is 23.2 Å². The maximum Gasteiger partial charge on any atom is 0.416 e. The van der Waals surface area contributed by atoms with Gasteiger partial charge in [0, 0.05) is 44.4 Å². The highest BCUT2D eigenvalue weighted by atomic mass is 19.4. The summed E-state index contributed by atoms with van der Waals surface area (Å²) >= 11 is 0. The van der Waals surface area contributed by atoms with Crippen molar-refractivity contribution in [3.8, 4) is 28.6 Å². The molecule has 2 aliphatic heterocycles. The first-order valence-electron chi connectivity index (χ1n) is 16.1. The summed E-state index contributed by atoms with van der Waals surface area (Å²) in [6.45, 7) is 4.28. The number of hydrogen-bond acceptors (Lipinski definition) is 8. The largest absolute Gasteiger partial charge is 0.416 e. The molecule has 3 aliphatic rings. The fourth-order valence-corrected chi connectivity index (χ4v) is 6.58. The van der Waals surface area contributed by atoms with Gasteiger partial charge in [-0.2, -0.15) is 18.4 Å². The van der Waals surface area contributed by atoms with E-state index in [1.54, 1.807) is 41.2 Å². The van der Waals surface area contributed by atoms with Crippen molar-refractivity contribution in [3.63, 3.8) is 0 Å². The van der Waals surface area contributed by atoms with Gasteiger partial charge in [0.2, 0.25) is 0 Å². The first-order chi connectivity index (χ1) is 23.1. The van der Waals surface area contributed by atoms with Crippen molar-refractivity contribution in [1.82, 2.24) is 24.6 Å². The third-order valence-corrected chi connectivity index (χ3v) is 9.19. The molecule has 10 nitrogen and oxygen atoms in total. The molecule has 0 radical (unpaired) electrons. The summed E-state index contributed by atoms with van der Waals surface area (Å²) in [5, 5.41) is 21.4. The van der Waals surface area contributed by atoms with Crippen molar-refractivity contribution >= 4 is 17.5 Å². The summed E-state index contributed by atoms with van der Waals surface area (Å²) in [6.07, 6.45) is 0.243. The maximum absolute atomic E-state index is 14.5. The van der Waals surface area contributed by atoms with Crippen LogP contribution >= 0.6 is 0 Å². The number of hydrogen-bond donors (Lipinski definition) is 1. The number of benzene rings is 2. The lowest BCUT2D eigenvalue weighted by Crippen LogP contribution is -2.40. The number of carbonyl (C=O) groups excluding carboxylic acids is 1. The minimum absolute atomic E-state index is 0.0270. The Morgan fingerprint density at radius 3 is 2.65 bits per heavy atom. The summed E-state index contributed by atoms with van der Waals surface area (Å²) in [5.74, 6) is 1.39. The second kappa shape index (κ2) is 12.7. The molecular formula is C35H35F3N8O2. The minimum atomic E-state index is -4.65. The predicted molar refractivity (Wildman–Crippen MR) is 173 cm³/mol. The monoisotopic (exact) mass is 656 g/mol. The lowest BCUT2D eigenvalue weighted by Gasteiger charge is -2.31. The van der Waals surface area contributed by atoms with Crippen LogP contribution in [0.2, 0.25) is 0 Å². The molecule has 248 valence electrons. The summed E-state index contributed by atoms with van der Waals surface area (Å²) in [5.41, 5.74) is 1.99. The minimum Gasteiger partial charge on any atom is -0.376 e. The Balaban J connectivity index is 1.29. The van der Waals surface area contributed by atoms with Gasteiger partial charge in [0.15, 0.2) is 5.82 Å². The highest BCUT2D eigenvalue weighted by molar-refractivity contribution is 6.10. The van der Waals surface area contributed by atoms with Gasteiger partial charge in [-0.05, 0) is 84.0 Å². The number of anilines is 2. The van der Waals surface area contributed by atoms with E-state index in [1.807, 2.05) is 24.9 Å². The number of carbonyl (C=O) groups is 1. The molecule has 0 unspecified atom stereocenters. The lowest BCUT2D eigenvalue weighted by molar-refractivity contribution is -0.138.